The summed E-state index contributed by atoms with van der Waals surface area (Å²) in [4.78, 5) is 0. The topological polar surface area (TPSA) is 35.2 Å². The minimum absolute atomic E-state index is 0.0114. The first-order valence-corrected chi connectivity index (χ1v) is 7.21. The van der Waals surface area contributed by atoms with Gasteiger partial charge < -0.3 is 10.5 Å². The Hall–Kier alpha value is -0.860. The SMILES string of the molecule is CCc1ccc(C(N)COCCC2CCC2)cc1. The molecule has 2 rings (SSSR count). The Morgan fingerprint density at radius 2 is 2.00 bits per heavy atom. The van der Waals surface area contributed by atoms with Crippen molar-refractivity contribution in [3.05, 3.63) is 35.4 Å². The lowest BCUT2D eigenvalue weighted by Crippen LogP contribution is -2.19. The van der Waals surface area contributed by atoms with E-state index in [1.165, 1.54) is 36.8 Å². The maximum absolute atomic E-state index is 6.12. The quantitative estimate of drug-likeness (QED) is 0.749. The van der Waals surface area contributed by atoms with Crippen LogP contribution in [0.4, 0.5) is 0 Å². The second kappa shape index (κ2) is 6.91. The lowest BCUT2D eigenvalue weighted by Gasteiger charge is -2.25. The van der Waals surface area contributed by atoms with E-state index in [-0.39, 0.29) is 6.04 Å². The lowest BCUT2D eigenvalue weighted by molar-refractivity contribution is 0.0962. The third kappa shape index (κ3) is 3.82. The van der Waals surface area contributed by atoms with Crippen LogP contribution >= 0.6 is 0 Å². The van der Waals surface area contributed by atoms with Crippen molar-refractivity contribution in [2.24, 2.45) is 11.7 Å². The highest BCUT2D eigenvalue weighted by molar-refractivity contribution is 5.24. The molecule has 0 aliphatic heterocycles. The van der Waals surface area contributed by atoms with Gasteiger partial charge in [0.2, 0.25) is 0 Å². The average Bonchev–Trinajstić information content (AvgIpc) is 2.36. The number of hydrogen-bond donors (Lipinski definition) is 1. The highest BCUT2D eigenvalue weighted by Crippen LogP contribution is 2.29. The Bertz CT molecular complexity index is 343. The third-order valence-corrected chi connectivity index (χ3v) is 4.01. The maximum atomic E-state index is 6.12. The average molecular weight is 247 g/mol. The van der Waals surface area contributed by atoms with Crippen LogP contribution in [0, 0.1) is 5.92 Å². The Balaban J connectivity index is 1.67. The number of aryl methyl sites for hydroxylation is 1. The van der Waals surface area contributed by atoms with Crippen molar-refractivity contribution in [1.82, 2.24) is 0 Å². The van der Waals surface area contributed by atoms with Crippen molar-refractivity contribution < 1.29 is 4.74 Å². The van der Waals surface area contributed by atoms with Crippen molar-refractivity contribution in [2.45, 2.75) is 45.1 Å². The molecule has 1 aliphatic carbocycles. The van der Waals surface area contributed by atoms with Gasteiger partial charge in [-0.1, -0.05) is 50.5 Å². The van der Waals surface area contributed by atoms with Gasteiger partial charge in [0.25, 0.3) is 0 Å². The molecule has 100 valence electrons. The summed E-state index contributed by atoms with van der Waals surface area (Å²) in [7, 11) is 0. The predicted octanol–water partition coefficient (Wildman–Crippen LogP) is 3.46. The Labute approximate surface area is 111 Å². The molecule has 2 nitrogen and oxygen atoms in total. The fraction of sp³-hybridized carbons (Fsp3) is 0.625. The van der Waals surface area contributed by atoms with E-state index in [9.17, 15) is 0 Å². The van der Waals surface area contributed by atoms with Gasteiger partial charge in [-0.3, -0.25) is 0 Å². The van der Waals surface area contributed by atoms with Gasteiger partial charge in [-0.2, -0.15) is 0 Å². The van der Waals surface area contributed by atoms with E-state index in [1.807, 2.05) is 0 Å². The molecule has 1 atom stereocenters. The van der Waals surface area contributed by atoms with Crippen LogP contribution in [0.15, 0.2) is 24.3 Å². The molecule has 0 saturated heterocycles. The number of nitrogens with two attached hydrogens (primary N) is 1. The van der Waals surface area contributed by atoms with E-state index in [0.717, 1.165) is 18.9 Å². The number of ether oxygens (including phenoxy) is 1. The van der Waals surface area contributed by atoms with Crippen LogP contribution in [0.5, 0.6) is 0 Å². The van der Waals surface area contributed by atoms with Crippen molar-refractivity contribution >= 4 is 0 Å². The normalized spacial score (nSPS) is 17.4. The van der Waals surface area contributed by atoms with Gasteiger partial charge in [0, 0.05) is 6.61 Å². The van der Waals surface area contributed by atoms with E-state index >= 15 is 0 Å². The van der Waals surface area contributed by atoms with E-state index < -0.39 is 0 Å². The second-order valence-corrected chi connectivity index (χ2v) is 5.36. The van der Waals surface area contributed by atoms with Gasteiger partial charge in [-0.05, 0) is 29.9 Å². The van der Waals surface area contributed by atoms with Gasteiger partial charge >= 0.3 is 0 Å². The molecule has 1 aromatic carbocycles. The summed E-state index contributed by atoms with van der Waals surface area (Å²) in [5, 5.41) is 0. The molecule has 2 N–H and O–H groups in total. The zero-order valence-electron chi connectivity index (χ0n) is 11.4. The molecule has 0 radical (unpaired) electrons. The van der Waals surface area contributed by atoms with Crippen molar-refractivity contribution in [2.75, 3.05) is 13.2 Å². The standard InChI is InChI=1S/C16H25NO/c1-2-13-6-8-15(9-7-13)16(17)12-18-11-10-14-4-3-5-14/h6-9,14,16H,2-5,10-12,17H2,1H3. The fourth-order valence-corrected chi connectivity index (χ4v) is 2.34. The van der Waals surface area contributed by atoms with Crippen LogP contribution in [0.3, 0.4) is 0 Å². The molecule has 1 aromatic rings. The molecule has 1 saturated carbocycles. The number of benzene rings is 1. The largest absolute Gasteiger partial charge is 0.379 e. The zero-order chi connectivity index (χ0) is 12.8. The molecule has 1 unspecified atom stereocenters. The van der Waals surface area contributed by atoms with Crippen LogP contribution in [-0.2, 0) is 11.2 Å². The van der Waals surface area contributed by atoms with E-state index in [4.69, 9.17) is 10.5 Å². The summed E-state index contributed by atoms with van der Waals surface area (Å²) in [6.45, 7) is 3.67. The monoisotopic (exact) mass is 247 g/mol. The van der Waals surface area contributed by atoms with Crippen LogP contribution in [0.2, 0.25) is 0 Å². The molecule has 2 heteroatoms. The number of rotatable bonds is 7. The second-order valence-electron chi connectivity index (χ2n) is 5.36. The lowest BCUT2D eigenvalue weighted by atomic mass is 9.83. The van der Waals surface area contributed by atoms with Gasteiger partial charge in [0.15, 0.2) is 0 Å². The molecule has 1 fully saturated rings. The van der Waals surface area contributed by atoms with Crippen molar-refractivity contribution in [1.29, 1.82) is 0 Å². The van der Waals surface area contributed by atoms with Crippen LogP contribution in [-0.4, -0.2) is 13.2 Å². The molecule has 18 heavy (non-hydrogen) atoms. The molecular formula is C16H25NO. The van der Waals surface area contributed by atoms with Gasteiger partial charge in [0.1, 0.15) is 0 Å². The van der Waals surface area contributed by atoms with Crippen LogP contribution in [0.25, 0.3) is 0 Å². The summed E-state index contributed by atoms with van der Waals surface area (Å²) in [5.74, 6) is 0.921. The summed E-state index contributed by atoms with van der Waals surface area (Å²) in [6.07, 6.45) is 6.49. The maximum Gasteiger partial charge on any atom is 0.0659 e. The van der Waals surface area contributed by atoms with Crippen LogP contribution in [0.1, 0.15) is 49.8 Å². The molecule has 0 aromatic heterocycles. The first kappa shape index (κ1) is 13.6. The van der Waals surface area contributed by atoms with Crippen molar-refractivity contribution in [3.8, 4) is 0 Å². The molecule has 0 spiro atoms. The molecule has 0 amide bonds. The predicted molar refractivity (Wildman–Crippen MR) is 75.5 cm³/mol. The molecule has 0 heterocycles. The summed E-state index contributed by atoms with van der Waals surface area (Å²) in [6, 6.07) is 8.57. The highest BCUT2D eigenvalue weighted by atomic mass is 16.5. The van der Waals surface area contributed by atoms with E-state index in [1.54, 1.807) is 0 Å². The summed E-state index contributed by atoms with van der Waals surface area (Å²) in [5.41, 5.74) is 8.66. The first-order valence-electron chi connectivity index (χ1n) is 7.21. The minimum atomic E-state index is 0.0114. The number of hydrogen-bond acceptors (Lipinski definition) is 2. The van der Waals surface area contributed by atoms with Gasteiger partial charge in [-0.15, -0.1) is 0 Å². The van der Waals surface area contributed by atoms with Gasteiger partial charge in [0.05, 0.1) is 12.6 Å². The highest BCUT2D eigenvalue weighted by Gasteiger charge is 2.16. The van der Waals surface area contributed by atoms with Crippen LogP contribution < -0.4 is 5.73 Å². The first-order chi connectivity index (χ1) is 8.79. The van der Waals surface area contributed by atoms with Gasteiger partial charge in [-0.25, -0.2) is 0 Å². The summed E-state index contributed by atoms with van der Waals surface area (Å²) >= 11 is 0. The molecule has 0 bridgehead atoms. The zero-order valence-corrected chi connectivity index (χ0v) is 11.4. The Morgan fingerprint density at radius 1 is 1.28 bits per heavy atom. The third-order valence-electron chi connectivity index (χ3n) is 4.01. The summed E-state index contributed by atoms with van der Waals surface area (Å²) < 4.78 is 5.69. The van der Waals surface area contributed by atoms with E-state index in [0.29, 0.717) is 6.61 Å². The van der Waals surface area contributed by atoms with Crippen molar-refractivity contribution in [3.63, 3.8) is 0 Å². The molecular weight excluding hydrogens is 222 g/mol. The smallest absolute Gasteiger partial charge is 0.0659 e. The molecule has 1 aliphatic rings. The van der Waals surface area contributed by atoms with E-state index in [2.05, 4.69) is 31.2 Å². The fourth-order valence-electron chi connectivity index (χ4n) is 2.34. The Kier molecular flexibility index (Phi) is 5.21. The Morgan fingerprint density at radius 3 is 2.56 bits per heavy atom. The minimum Gasteiger partial charge on any atom is -0.379 e.